The van der Waals surface area contributed by atoms with E-state index in [1.165, 1.54) is 22.0 Å². The molecule has 0 bridgehead atoms. The molecule has 0 fully saturated rings. The number of furan rings is 1. The molecular formula is C27H22N4O7S2. The average molecular weight is 579 g/mol. The zero-order valence-electron chi connectivity index (χ0n) is 21.5. The van der Waals surface area contributed by atoms with Gasteiger partial charge in [0.1, 0.15) is 5.76 Å². The van der Waals surface area contributed by atoms with Gasteiger partial charge in [-0.1, -0.05) is 17.4 Å². The van der Waals surface area contributed by atoms with Crippen molar-refractivity contribution in [1.82, 2.24) is 14.5 Å². The number of aromatic amines is 1. The molecule has 1 atom stereocenters. The average Bonchev–Trinajstić information content (AvgIpc) is 3.62. The summed E-state index contributed by atoms with van der Waals surface area (Å²) in [6.07, 6.45) is 1.63. The van der Waals surface area contributed by atoms with Crippen LogP contribution in [0.1, 0.15) is 36.9 Å². The number of nitrogens with zero attached hydrogens (tertiary/aromatic N) is 3. The van der Waals surface area contributed by atoms with E-state index in [1.807, 2.05) is 0 Å². The highest BCUT2D eigenvalue weighted by atomic mass is 32.2. The summed E-state index contributed by atoms with van der Waals surface area (Å²) in [5.41, 5.74) is 1.40. The SMILES string of the molecule is CCOC(=O)C1=C(C)N=c2s/c(=C/c3ccc(Sc4nc(C)cc(=O)[nH]4)o3)c(=O)n2[C@H]1c1ccc2c(c1)OCO2. The van der Waals surface area contributed by atoms with Crippen LogP contribution in [0.2, 0.25) is 0 Å². The van der Waals surface area contributed by atoms with Gasteiger partial charge in [-0.3, -0.25) is 14.2 Å². The van der Waals surface area contributed by atoms with Crippen molar-refractivity contribution < 1.29 is 23.4 Å². The number of benzene rings is 1. The molecule has 6 rings (SSSR count). The Kier molecular flexibility index (Phi) is 6.68. The summed E-state index contributed by atoms with van der Waals surface area (Å²) in [5, 5.41) is 0.891. The molecular weight excluding hydrogens is 556 g/mol. The van der Waals surface area contributed by atoms with Crippen LogP contribution in [0, 0.1) is 6.92 Å². The molecule has 0 unspecified atom stereocenters. The van der Waals surface area contributed by atoms with Gasteiger partial charge in [-0.25, -0.2) is 14.8 Å². The summed E-state index contributed by atoms with van der Waals surface area (Å²) in [6, 6.07) is 9.40. The van der Waals surface area contributed by atoms with Crippen LogP contribution in [0.4, 0.5) is 0 Å². The first-order valence-electron chi connectivity index (χ1n) is 12.3. The molecule has 40 heavy (non-hydrogen) atoms. The molecule has 0 saturated heterocycles. The molecule has 0 spiro atoms. The summed E-state index contributed by atoms with van der Waals surface area (Å²) in [5.74, 6) is 1.01. The number of H-pyrrole nitrogens is 1. The Morgan fingerprint density at radius 1 is 1.20 bits per heavy atom. The summed E-state index contributed by atoms with van der Waals surface area (Å²) in [7, 11) is 0. The van der Waals surface area contributed by atoms with E-state index in [4.69, 9.17) is 18.6 Å². The van der Waals surface area contributed by atoms with Crippen molar-refractivity contribution in [2.45, 2.75) is 37.1 Å². The second-order valence-corrected chi connectivity index (χ2v) is 10.9. The topological polar surface area (TPSA) is 138 Å². The molecule has 0 saturated carbocycles. The van der Waals surface area contributed by atoms with Crippen molar-refractivity contribution >= 4 is 35.1 Å². The molecule has 5 heterocycles. The first-order chi connectivity index (χ1) is 19.3. The molecule has 204 valence electrons. The number of rotatable bonds is 6. The smallest absolute Gasteiger partial charge is 0.338 e. The maximum atomic E-state index is 13.8. The number of aryl methyl sites for hydroxylation is 1. The number of carbonyl (C=O) groups is 1. The molecule has 2 aliphatic heterocycles. The fourth-order valence-corrected chi connectivity index (χ4v) is 6.31. The fraction of sp³-hybridized carbons (Fsp3) is 0.222. The van der Waals surface area contributed by atoms with Crippen LogP contribution in [0.15, 0.2) is 76.9 Å². The van der Waals surface area contributed by atoms with E-state index in [0.717, 1.165) is 11.8 Å². The number of ether oxygens (including phenoxy) is 3. The van der Waals surface area contributed by atoms with E-state index in [2.05, 4.69) is 15.0 Å². The summed E-state index contributed by atoms with van der Waals surface area (Å²) in [4.78, 5) is 50.6. The monoisotopic (exact) mass is 578 g/mol. The number of aromatic nitrogens is 3. The van der Waals surface area contributed by atoms with E-state index in [-0.39, 0.29) is 30.1 Å². The van der Waals surface area contributed by atoms with E-state index in [0.29, 0.717) is 53.8 Å². The maximum absolute atomic E-state index is 13.8. The molecule has 1 N–H and O–H groups in total. The largest absolute Gasteiger partial charge is 0.463 e. The number of allylic oxidation sites excluding steroid dienone is 1. The lowest BCUT2D eigenvalue weighted by Crippen LogP contribution is -2.39. The van der Waals surface area contributed by atoms with Crippen molar-refractivity contribution in [3.05, 3.63) is 94.7 Å². The van der Waals surface area contributed by atoms with E-state index >= 15 is 0 Å². The third kappa shape index (κ3) is 4.77. The van der Waals surface area contributed by atoms with Gasteiger partial charge in [-0.05, 0) is 62.4 Å². The number of esters is 1. The number of fused-ring (bicyclic) bond motifs is 2. The Labute approximate surface area is 234 Å². The predicted molar refractivity (Wildman–Crippen MR) is 145 cm³/mol. The Morgan fingerprint density at radius 2 is 2.02 bits per heavy atom. The molecule has 0 radical (unpaired) electrons. The summed E-state index contributed by atoms with van der Waals surface area (Å²) < 4.78 is 24.1. The molecule has 0 amide bonds. The second-order valence-electron chi connectivity index (χ2n) is 8.87. The first kappa shape index (κ1) is 25.9. The van der Waals surface area contributed by atoms with Gasteiger partial charge in [0.05, 0.1) is 28.5 Å². The lowest BCUT2D eigenvalue weighted by molar-refractivity contribution is -0.139. The zero-order chi connectivity index (χ0) is 28.0. The number of thiazole rings is 1. The van der Waals surface area contributed by atoms with Gasteiger partial charge in [-0.15, -0.1) is 0 Å². The van der Waals surface area contributed by atoms with Crippen LogP contribution in [0.3, 0.4) is 0 Å². The molecule has 0 aliphatic carbocycles. The predicted octanol–water partition coefficient (Wildman–Crippen LogP) is 2.66. The van der Waals surface area contributed by atoms with Crippen molar-refractivity contribution in [2.24, 2.45) is 4.99 Å². The van der Waals surface area contributed by atoms with Crippen LogP contribution >= 0.6 is 23.1 Å². The van der Waals surface area contributed by atoms with Crippen LogP contribution in [0.25, 0.3) is 6.08 Å². The minimum atomic E-state index is -0.779. The number of hydrogen-bond donors (Lipinski definition) is 1. The zero-order valence-corrected chi connectivity index (χ0v) is 23.2. The van der Waals surface area contributed by atoms with Gasteiger partial charge >= 0.3 is 5.97 Å². The minimum Gasteiger partial charge on any atom is -0.463 e. The maximum Gasteiger partial charge on any atom is 0.338 e. The molecule has 13 heteroatoms. The van der Waals surface area contributed by atoms with Gasteiger partial charge in [0, 0.05) is 17.8 Å². The highest BCUT2D eigenvalue weighted by Gasteiger charge is 2.34. The van der Waals surface area contributed by atoms with Crippen molar-refractivity contribution in [3.63, 3.8) is 0 Å². The number of nitrogens with one attached hydrogen (secondary N) is 1. The lowest BCUT2D eigenvalue weighted by Gasteiger charge is -2.24. The molecule has 2 aliphatic rings. The highest BCUT2D eigenvalue weighted by Crippen LogP contribution is 2.38. The highest BCUT2D eigenvalue weighted by molar-refractivity contribution is 7.99. The summed E-state index contributed by atoms with van der Waals surface area (Å²) >= 11 is 2.35. The van der Waals surface area contributed by atoms with Crippen LogP contribution in [-0.2, 0) is 9.53 Å². The van der Waals surface area contributed by atoms with Gasteiger partial charge in [0.2, 0.25) is 6.79 Å². The Hall–Kier alpha value is -4.36. The lowest BCUT2D eigenvalue weighted by atomic mass is 9.95. The summed E-state index contributed by atoms with van der Waals surface area (Å²) in [6.45, 7) is 5.46. The Bertz CT molecular complexity index is 1930. The van der Waals surface area contributed by atoms with Gasteiger partial charge in [-0.2, -0.15) is 0 Å². The van der Waals surface area contributed by atoms with Crippen molar-refractivity contribution in [3.8, 4) is 11.5 Å². The Balaban J connectivity index is 1.42. The van der Waals surface area contributed by atoms with Crippen molar-refractivity contribution in [2.75, 3.05) is 13.4 Å². The van der Waals surface area contributed by atoms with Gasteiger partial charge < -0.3 is 23.6 Å². The molecule has 3 aromatic heterocycles. The molecule has 11 nitrogen and oxygen atoms in total. The van der Waals surface area contributed by atoms with Crippen LogP contribution in [-0.4, -0.2) is 33.9 Å². The third-order valence-corrected chi connectivity index (χ3v) is 7.94. The third-order valence-electron chi connectivity index (χ3n) is 6.15. The van der Waals surface area contributed by atoms with E-state index < -0.39 is 12.0 Å². The minimum absolute atomic E-state index is 0.0978. The fourth-order valence-electron chi connectivity index (χ4n) is 4.48. The number of carbonyl (C=O) groups excluding carboxylic acids is 1. The molecule has 4 aromatic rings. The van der Waals surface area contributed by atoms with Gasteiger partial charge in [0.25, 0.3) is 11.1 Å². The van der Waals surface area contributed by atoms with E-state index in [1.54, 1.807) is 57.2 Å². The van der Waals surface area contributed by atoms with Crippen LogP contribution in [0.5, 0.6) is 11.5 Å². The van der Waals surface area contributed by atoms with Gasteiger partial charge in [0.15, 0.2) is 26.5 Å². The molecule has 1 aromatic carbocycles. The first-order valence-corrected chi connectivity index (χ1v) is 13.9. The van der Waals surface area contributed by atoms with Crippen molar-refractivity contribution in [1.29, 1.82) is 0 Å². The second kappa shape index (κ2) is 10.3. The van der Waals surface area contributed by atoms with E-state index in [9.17, 15) is 14.4 Å². The van der Waals surface area contributed by atoms with Crippen LogP contribution < -0.4 is 29.9 Å². The number of hydrogen-bond acceptors (Lipinski definition) is 11. The quantitative estimate of drug-likeness (QED) is 0.270. The Morgan fingerprint density at radius 3 is 2.83 bits per heavy atom. The normalized spacial score (nSPS) is 16.2. The standard InChI is InChI=1S/C27H22N4O7S2/c1-4-35-25(34)22-14(3)29-27-31(23(22)15-5-7-17-18(10-15)37-12-36-17)24(33)19(39-27)11-16-6-8-21(38-16)40-26-28-13(2)9-20(32)30-26/h5-11,23H,4,12H2,1-3H3,(H,28,30,32)/b19-11+/t23-/m0/s1.